The summed E-state index contributed by atoms with van der Waals surface area (Å²) in [6.07, 6.45) is 4.18. The van der Waals surface area contributed by atoms with Crippen molar-refractivity contribution in [2.45, 2.75) is 31.0 Å². The van der Waals surface area contributed by atoms with Crippen molar-refractivity contribution in [1.82, 2.24) is 4.98 Å². The highest BCUT2D eigenvalue weighted by atomic mass is 16.5. The number of aromatic nitrogens is 1. The Hall–Kier alpha value is -1.46. The maximum absolute atomic E-state index is 11.7. The molecule has 1 aliphatic rings. The molecule has 0 unspecified atom stereocenters. The zero-order valence-corrected chi connectivity index (χ0v) is 8.87. The number of pyridine rings is 1. The van der Waals surface area contributed by atoms with Crippen LogP contribution in [0.5, 0.6) is 0 Å². The molecule has 1 saturated carbocycles. The molecule has 0 saturated heterocycles. The fourth-order valence-corrected chi connectivity index (χ4v) is 1.90. The van der Waals surface area contributed by atoms with Crippen LogP contribution in [0, 0.1) is 0 Å². The Kier molecular flexibility index (Phi) is 3.17. The van der Waals surface area contributed by atoms with Gasteiger partial charge in [0.05, 0.1) is 5.56 Å². The maximum Gasteiger partial charge on any atom is 0.338 e. The molecular weight excluding hydrogens is 206 g/mol. The van der Waals surface area contributed by atoms with Crippen molar-refractivity contribution >= 4 is 5.97 Å². The van der Waals surface area contributed by atoms with Gasteiger partial charge in [0.25, 0.3) is 0 Å². The molecule has 0 bridgehead atoms. The van der Waals surface area contributed by atoms with Crippen LogP contribution in [0.25, 0.3) is 0 Å². The van der Waals surface area contributed by atoms with Crippen LogP contribution in [0.1, 0.15) is 23.2 Å². The average molecular weight is 221 g/mol. The highest BCUT2D eigenvalue weighted by Gasteiger charge is 2.32. The molecule has 0 aliphatic heterocycles. The summed E-state index contributed by atoms with van der Waals surface area (Å²) in [4.78, 5) is 15.5. The van der Waals surface area contributed by atoms with Gasteiger partial charge in [-0.1, -0.05) is 0 Å². The second-order valence-electron chi connectivity index (χ2n) is 4.07. The normalized spacial score (nSPS) is 29.0. The van der Waals surface area contributed by atoms with Gasteiger partial charge in [-0.15, -0.1) is 0 Å². The van der Waals surface area contributed by atoms with Crippen molar-refractivity contribution in [2.24, 2.45) is 11.5 Å². The van der Waals surface area contributed by atoms with E-state index in [-0.39, 0.29) is 24.2 Å². The molecule has 1 fully saturated rings. The van der Waals surface area contributed by atoms with E-state index in [1.807, 2.05) is 0 Å². The minimum Gasteiger partial charge on any atom is -0.457 e. The molecule has 3 atom stereocenters. The Balaban J connectivity index is 1.98. The van der Waals surface area contributed by atoms with Gasteiger partial charge in [-0.05, 0) is 18.6 Å². The fraction of sp³-hybridized carbons (Fsp3) is 0.455. The Bertz CT molecular complexity index is 369. The number of nitrogens with two attached hydrogens (primary N) is 2. The molecule has 4 N–H and O–H groups in total. The molecule has 0 spiro atoms. The van der Waals surface area contributed by atoms with E-state index in [1.165, 1.54) is 0 Å². The molecule has 0 amide bonds. The first-order chi connectivity index (χ1) is 7.66. The first-order valence-electron chi connectivity index (χ1n) is 5.29. The van der Waals surface area contributed by atoms with Crippen LogP contribution >= 0.6 is 0 Å². The van der Waals surface area contributed by atoms with Gasteiger partial charge in [0.1, 0.15) is 6.10 Å². The van der Waals surface area contributed by atoms with E-state index in [9.17, 15) is 4.79 Å². The summed E-state index contributed by atoms with van der Waals surface area (Å²) < 4.78 is 5.31. The molecule has 1 aromatic heterocycles. The molecule has 0 aromatic carbocycles. The quantitative estimate of drug-likeness (QED) is 0.689. The van der Waals surface area contributed by atoms with Crippen molar-refractivity contribution in [3.8, 4) is 0 Å². The zero-order valence-electron chi connectivity index (χ0n) is 8.87. The second kappa shape index (κ2) is 4.59. The average Bonchev–Trinajstić information content (AvgIpc) is 2.59. The van der Waals surface area contributed by atoms with E-state index in [0.29, 0.717) is 18.4 Å². The van der Waals surface area contributed by atoms with Crippen molar-refractivity contribution in [3.05, 3.63) is 30.1 Å². The van der Waals surface area contributed by atoms with Crippen LogP contribution in [0.15, 0.2) is 24.5 Å². The van der Waals surface area contributed by atoms with Gasteiger partial charge in [-0.25, -0.2) is 4.79 Å². The number of nitrogens with zero attached hydrogens (tertiary/aromatic N) is 1. The third kappa shape index (κ3) is 2.37. The van der Waals surface area contributed by atoms with E-state index in [2.05, 4.69) is 4.98 Å². The van der Waals surface area contributed by atoms with Crippen LogP contribution < -0.4 is 11.5 Å². The molecule has 5 nitrogen and oxygen atoms in total. The molecular formula is C11H15N3O2. The Morgan fingerprint density at radius 2 is 2.00 bits per heavy atom. The number of esters is 1. The summed E-state index contributed by atoms with van der Waals surface area (Å²) in [6.45, 7) is 0. The van der Waals surface area contributed by atoms with E-state index >= 15 is 0 Å². The van der Waals surface area contributed by atoms with Gasteiger partial charge in [0.15, 0.2) is 0 Å². The molecule has 86 valence electrons. The predicted molar refractivity (Wildman–Crippen MR) is 58.6 cm³/mol. The molecule has 2 rings (SSSR count). The summed E-state index contributed by atoms with van der Waals surface area (Å²) in [5, 5.41) is 0. The smallest absolute Gasteiger partial charge is 0.338 e. The SMILES string of the molecule is N[C@H]1C[C@H](OC(=O)c2ccncc2)[C@@H](N)C1. The van der Waals surface area contributed by atoms with Crippen molar-refractivity contribution in [1.29, 1.82) is 0 Å². The lowest BCUT2D eigenvalue weighted by atomic mass is 10.2. The monoisotopic (exact) mass is 221 g/mol. The Morgan fingerprint density at radius 1 is 1.31 bits per heavy atom. The summed E-state index contributed by atoms with van der Waals surface area (Å²) in [7, 11) is 0. The van der Waals surface area contributed by atoms with Gasteiger partial charge in [-0.2, -0.15) is 0 Å². The van der Waals surface area contributed by atoms with Crippen LogP contribution in [-0.4, -0.2) is 29.1 Å². The molecule has 16 heavy (non-hydrogen) atoms. The number of hydrogen-bond donors (Lipinski definition) is 2. The minimum absolute atomic E-state index is 0.0326. The van der Waals surface area contributed by atoms with Gasteiger partial charge in [-0.3, -0.25) is 4.98 Å². The lowest BCUT2D eigenvalue weighted by Crippen LogP contribution is -2.33. The van der Waals surface area contributed by atoms with Gasteiger partial charge in [0, 0.05) is 30.9 Å². The highest BCUT2D eigenvalue weighted by molar-refractivity contribution is 5.89. The molecule has 5 heteroatoms. The van der Waals surface area contributed by atoms with Gasteiger partial charge in [0.2, 0.25) is 0 Å². The maximum atomic E-state index is 11.7. The summed E-state index contributed by atoms with van der Waals surface area (Å²) in [5.74, 6) is -0.364. The number of carbonyl (C=O) groups excluding carboxylic acids is 1. The van der Waals surface area contributed by atoms with E-state index in [0.717, 1.165) is 0 Å². The van der Waals surface area contributed by atoms with E-state index in [4.69, 9.17) is 16.2 Å². The van der Waals surface area contributed by atoms with Gasteiger partial charge >= 0.3 is 5.97 Å². The number of hydrogen-bond acceptors (Lipinski definition) is 5. The third-order valence-corrected chi connectivity index (χ3v) is 2.76. The van der Waals surface area contributed by atoms with E-state index < -0.39 is 0 Å². The first kappa shape index (κ1) is 11.0. The number of ether oxygens (including phenoxy) is 1. The van der Waals surface area contributed by atoms with Crippen molar-refractivity contribution < 1.29 is 9.53 Å². The second-order valence-corrected chi connectivity index (χ2v) is 4.07. The van der Waals surface area contributed by atoms with Crippen LogP contribution in [0.4, 0.5) is 0 Å². The Morgan fingerprint density at radius 3 is 2.56 bits per heavy atom. The Labute approximate surface area is 93.8 Å². The number of rotatable bonds is 2. The fourth-order valence-electron chi connectivity index (χ4n) is 1.90. The lowest BCUT2D eigenvalue weighted by molar-refractivity contribution is 0.0281. The third-order valence-electron chi connectivity index (χ3n) is 2.76. The van der Waals surface area contributed by atoms with Crippen LogP contribution in [-0.2, 0) is 4.74 Å². The summed E-state index contributed by atoms with van der Waals surface area (Å²) in [5.41, 5.74) is 12.1. The van der Waals surface area contributed by atoms with Crippen molar-refractivity contribution in [3.63, 3.8) is 0 Å². The molecule has 1 heterocycles. The standard InChI is InChI=1S/C11H15N3O2/c12-8-5-9(13)10(6-8)16-11(15)7-1-3-14-4-2-7/h1-4,8-10H,5-6,12-13H2/t8-,9+,10+/m1/s1. The highest BCUT2D eigenvalue weighted by Crippen LogP contribution is 2.20. The zero-order chi connectivity index (χ0) is 11.5. The van der Waals surface area contributed by atoms with Crippen LogP contribution in [0.3, 0.4) is 0 Å². The van der Waals surface area contributed by atoms with Crippen LogP contribution in [0.2, 0.25) is 0 Å². The van der Waals surface area contributed by atoms with E-state index in [1.54, 1.807) is 24.5 Å². The van der Waals surface area contributed by atoms with Crippen molar-refractivity contribution in [2.75, 3.05) is 0 Å². The predicted octanol–water partition coefficient (Wildman–Crippen LogP) is 0.0554. The lowest BCUT2D eigenvalue weighted by Gasteiger charge is -2.15. The minimum atomic E-state index is -0.364. The molecule has 0 radical (unpaired) electrons. The molecule has 1 aliphatic carbocycles. The first-order valence-corrected chi connectivity index (χ1v) is 5.29. The largest absolute Gasteiger partial charge is 0.457 e. The molecule has 1 aromatic rings. The topological polar surface area (TPSA) is 91.2 Å². The summed E-state index contributed by atoms with van der Waals surface area (Å²) >= 11 is 0. The van der Waals surface area contributed by atoms with Gasteiger partial charge < -0.3 is 16.2 Å². The summed E-state index contributed by atoms with van der Waals surface area (Å²) in [6, 6.07) is 3.11. The number of carbonyl (C=O) groups is 1.